The predicted molar refractivity (Wildman–Crippen MR) is 98.5 cm³/mol. The van der Waals surface area contributed by atoms with Crippen molar-refractivity contribution in [3.05, 3.63) is 70.3 Å². The van der Waals surface area contributed by atoms with Gasteiger partial charge in [-0.2, -0.15) is 0 Å². The fraction of sp³-hybridized carbons (Fsp3) is 0.250. The van der Waals surface area contributed by atoms with Crippen LogP contribution in [0.25, 0.3) is 10.9 Å². The van der Waals surface area contributed by atoms with Gasteiger partial charge in [-0.05, 0) is 25.1 Å². The molecule has 0 radical (unpaired) electrons. The van der Waals surface area contributed by atoms with Crippen LogP contribution >= 0.6 is 0 Å². The topological polar surface area (TPSA) is 64.4 Å². The summed E-state index contributed by atoms with van der Waals surface area (Å²) in [6, 6.07) is 14.7. The molecule has 132 valence electrons. The molecule has 6 heteroatoms. The number of para-hydroxylation sites is 1. The molecule has 1 fully saturated rings. The average molecular weight is 349 g/mol. The Balaban J connectivity index is 1.42. The van der Waals surface area contributed by atoms with Crippen LogP contribution in [0.5, 0.6) is 5.75 Å². The molecular formula is C20H19N3O3. The number of carbonyl (C=O) groups excluding carboxylic acids is 1. The molecule has 6 nitrogen and oxygen atoms in total. The van der Waals surface area contributed by atoms with Crippen molar-refractivity contribution >= 4 is 16.8 Å². The van der Waals surface area contributed by atoms with Gasteiger partial charge in [-0.25, -0.2) is 4.98 Å². The number of benzene rings is 1. The van der Waals surface area contributed by atoms with Crippen LogP contribution < -0.4 is 10.3 Å². The molecule has 0 atom stereocenters. The maximum atomic E-state index is 12.6. The summed E-state index contributed by atoms with van der Waals surface area (Å²) in [7, 11) is 1.72. The van der Waals surface area contributed by atoms with Gasteiger partial charge in [0.25, 0.3) is 11.5 Å². The molecule has 1 aromatic carbocycles. The van der Waals surface area contributed by atoms with E-state index in [2.05, 4.69) is 4.98 Å². The van der Waals surface area contributed by atoms with Crippen molar-refractivity contribution in [2.24, 2.45) is 7.05 Å². The number of carbonyl (C=O) groups is 1. The molecule has 4 rings (SSSR count). The van der Waals surface area contributed by atoms with E-state index in [9.17, 15) is 9.59 Å². The number of fused-ring (bicyclic) bond motifs is 1. The lowest BCUT2D eigenvalue weighted by Crippen LogP contribution is -2.56. The quantitative estimate of drug-likeness (QED) is 0.727. The van der Waals surface area contributed by atoms with Crippen molar-refractivity contribution in [2.45, 2.75) is 13.0 Å². The Morgan fingerprint density at radius 3 is 2.69 bits per heavy atom. The molecule has 26 heavy (non-hydrogen) atoms. The molecule has 0 spiro atoms. The zero-order chi connectivity index (χ0) is 18.3. The van der Waals surface area contributed by atoms with Crippen molar-refractivity contribution in [2.75, 3.05) is 13.1 Å². The van der Waals surface area contributed by atoms with Crippen LogP contribution in [0.2, 0.25) is 0 Å². The van der Waals surface area contributed by atoms with Gasteiger partial charge in [0.1, 0.15) is 17.5 Å². The van der Waals surface area contributed by atoms with Crippen molar-refractivity contribution in [3.8, 4) is 5.75 Å². The zero-order valence-electron chi connectivity index (χ0n) is 14.7. The lowest BCUT2D eigenvalue weighted by Gasteiger charge is -2.38. The highest BCUT2D eigenvalue weighted by atomic mass is 16.5. The van der Waals surface area contributed by atoms with Crippen molar-refractivity contribution in [3.63, 3.8) is 0 Å². The number of aryl methyl sites for hydroxylation is 1. The number of likely N-dealkylation sites (tertiary alicyclic amines) is 1. The molecular weight excluding hydrogens is 330 g/mol. The van der Waals surface area contributed by atoms with Gasteiger partial charge in [-0.1, -0.05) is 24.3 Å². The maximum Gasteiger partial charge on any atom is 0.272 e. The van der Waals surface area contributed by atoms with E-state index >= 15 is 0 Å². The number of amides is 1. The van der Waals surface area contributed by atoms with Gasteiger partial charge in [-0.15, -0.1) is 0 Å². The van der Waals surface area contributed by atoms with E-state index in [0.717, 1.165) is 16.6 Å². The molecule has 1 aliphatic heterocycles. The number of nitrogens with zero attached hydrogens (tertiary/aromatic N) is 3. The van der Waals surface area contributed by atoms with Gasteiger partial charge in [0.15, 0.2) is 0 Å². The van der Waals surface area contributed by atoms with Gasteiger partial charge < -0.3 is 14.2 Å². The lowest BCUT2D eigenvalue weighted by molar-refractivity contribution is 0.0172. The number of ether oxygens (including phenoxy) is 1. The SMILES string of the molecule is Cc1cc(OC2CN(C(=O)c3ccc4ccccc4n3)C2)cc(=O)n1C. The Kier molecular flexibility index (Phi) is 3.95. The zero-order valence-corrected chi connectivity index (χ0v) is 14.7. The van der Waals surface area contributed by atoms with E-state index in [4.69, 9.17) is 4.74 Å². The molecule has 2 aromatic heterocycles. The molecule has 0 bridgehead atoms. The normalized spacial score (nSPS) is 14.3. The average Bonchev–Trinajstić information content (AvgIpc) is 2.61. The van der Waals surface area contributed by atoms with Crippen LogP contribution in [-0.2, 0) is 7.05 Å². The molecule has 0 N–H and O–H groups in total. The smallest absolute Gasteiger partial charge is 0.272 e. The fourth-order valence-electron chi connectivity index (χ4n) is 3.02. The van der Waals surface area contributed by atoms with Crippen molar-refractivity contribution < 1.29 is 9.53 Å². The highest BCUT2D eigenvalue weighted by Crippen LogP contribution is 2.20. The number of rotatable bonds is 3. The maximum absolute atomic E-state index is 12.6. The first-order valence-corrected chi connectivity index (χ1v) is 8.51. The minimum Gasteiger partial charge on any atom is -0.486 e. The van der Waals surface area contributed by atoms with Crippen LogP contribution in [-0.4, -0.2) is 39.6 Å². The number of hydrogen-bond donors (Lipinski definition) is 0. The van der Waals surface area contributed by atoms with E-state index in [0.29, 0.717) is 24.5 Å². The molecule has 1 aliphatic rings. The lowest BCUT2D eigenvalue weighted by atomic mass is 10.1. The van der Waals surface area contributed by atoms with Gasteiger partial charge in [-0.3, -0.25) is 9.59 Å². The monoisotopic (exact) mass is 349 g/mol. The summed E-state index contributed by atoms with van der Waals surface area (Å²) in [6.45, 7) is 2.83. The molecule has 3 aromatic rings. The largest absolute Gasteiger partial charge is 0.486 e. The second-order valence-electron chi connectivity index (χ2n) is 6.57. The van der Waals surface area contributed by atoms with E-state index in [1.54, 1.807) is 22.6 Å². The standard InChI is InChI=1S/C20H19N3O3/c1-13-9-15(10-19(24)22(13)2)26-16-11-23(12-16)20(25)18-8-7-14-5-3-4-6-17(14)21-18/h3-10,16H,11-12H2,1-2H3. The minimum atomic E-state index is -0.106. The fourth-order valence-corrected chi connectivity index (χ4v) is 3.02. The summed E-state index contributed by atoms with van der Waals surface area (Å²) >= 11 is 0. The Hall–Kier alpha value is -3.15. The van der Waals surface area contributed by atoms with Gasteiger partial charge in [0.2, 0.25) is 0 Å². The van der Waals surface area contributed by atoms with E-state index in [-0.39, 0.29) is 17.6 Å². The summed E-state index contributed by atoms with van der Waals surface area (Å²) in [5.41, 5.74) is 1.97. The van der Waals surface area contributed by atoms with Crippen LogP contribution in [0, 0.1) is 6.92 Å². The second kappa shape index (κ2) is 6.29. The van der Waals surface area contributed by atoms with Crippen molar-refractivity contribution in [1.82, 2.24) is 14.5 Å². The summed E-state index contributed by atoms with van der Waals surface area (Å²) in [5, 5.41) is 1.01. The molecule has 0 unspecified atom stereocenters. The third kappa shape index (κ3) is 2.94. The van der Waals surface area contributed by atoms with Crippen LogP contribution in [0.3, 0.4) is 0 Å². The summed E-state index contributed by atoms with van der Waals surface area (Å²) < 4.78 is 7.39. The molecule has 1 saturated heterocycles. The Bertz CT molecular complexity index is 1050. The van der Waals surface area contributed by atoms with Crippen molar-refractivity contribution in [1.29, 1.82) is 0 Å². The minimum absolute atomic E-state index is 0.101. The number of pyridine rings is 2. The first-order valence-electron chi connectivity index (χ1n) is 8.51. The molecule has 0 saturated carbocycles. The van der Waals surface area contributed by atoms with E-state index < -0.39 is 0 Å². The molecule has 0 aliphatic carbocycles. The highest BCUT2D eigenvalue weighted by molar-refractivity contribution is 5.95. The van der Waals surface area contributed by atoms with E-state index in [1.165, 1.54) is 6.07 Å². The first kappa shape index (κ1) is 16.3. The van der Waals surface area contributed by atoms with Crippen LogP contribution in [0.1, 0.15) is 16.2 Å². The second-order valence-corrected chi connectivity index (χ2v) is 6.57. The number of hydrogen-bond acceptors (Lipinski definition) is 4. The summed E-state index contributed by atoms with van der Waals surface area (Å²) in [4.78, 5) is 30.5. The predicted octanol–water partition coefficient (Wildman–Crippen LogP) is 2.15. The van der Waals surface area contributed by atoms with E-state index in [1.807, 2.05) is 43.3 Å². The Morgan fingerprint density at radius 2 is 1.92 bits per heavy atom. The Labute approximate surface area is 150 Å². The summed E-state index contributed by atoms with van der Waals surface area (Å²) in [5.74, 6) is 0.447. The summed E-state index contributed by atoms with van der Waals surface area (Å²) in [6.07, 6.45) is -0.106. The third-order valence-electron chi connectivity index (χ3n) is 4.73. The highest BCUT2D eigenvalue weighted by Gasteiger charge is 2.33. The Morgan fingerprint density at radius 1 is 1.15 bits per heavy atom. The van der Waals surface area contributed by atoms with Gasteiger partial charge in [0, 0.05) is 24.2 Å². The van der Waals surface area contributed by atoms with Crippen LogP contribution in [0.4, 0.5) is 0 Å². The van der Waals surface area contributed by atoms with Gasteiger partial charge in [0.05, 0.1) is 18.6 Å². The number of aromatic nitrogens is 2. The molecule has 1 amide bonds. The van der Waals surface area contributed by atoms with Crippen LogP contribution in [0.15, 0.2) is 53.3 Å². The molecule has 3 heterocycles. The third-order valence-corrected chi connectivity index (χ3v) is 4.73. The first-order chi connectivity index (χ1) is 12.5. The van der Waals surface area contributed by atoms with Gasteiger partial charge >= 0.3 is 0 Å².